The van der Waals surface area contributed by atoms with E-state index in [1.165, 1.54) is 24.3 Å². The first-order valence-electron chi connectivity index (χ1n) is 11.6. The number of nitrogens with one attached hydrogen (secondary N) is 1. The van der Waals surface area contributed by atoms with Crippen LogP contribution in [0, 0.1) is 12.7 Å². The first kappa shape index (κ1) is 26.0. The first-order valence-corrected chi connectivity index (χ1v) is 12.4. The molecular weight excluding hydrogens is 495 g/mol. The van der Waals surface area contributed by atoms with Gasteiger partial charge >= 0.3 is 0 Å². The number of thioether (sulfide) groups is 1. The summed E-state index contributed by atoms with van der Waals surface area (Å²) in [7, 11) is 0. The third-order valence-electron chi connectivity index (χ3n) is 5.35. The van der Waals surface area contributed by atoms with Crippen LogP contribution in [-0.4, -0.2) is 35.2 Å². The molecule has 1 N–H and O–H groups in total. The third kappa shape index (κ3) is 6.77. The molecule has 1 aliphatic heterocycles. The molecule has 1 aliphatic rings. The lowest BCUT2D eigenvalue weighted by atomic mass is 10.1. The standard InChI is InChI=1S/C28H25FN2O5S/c1-3-35-24-14-20(9-12-23(24)36-17-26(32)30-22-6-4-5-18(2)13-22)15-25-27(33)31(28(34)37-25)16-19-7-10-21(29)11-8-19/h4-15H,3,16-17H2,1-2H3,(H,30,32)/b25-15+. The second kappa shape index (κ2) is 11.7. The topological polar surface area (TPSA) is 84.9 Å². The Kier molecular flexibility index (Phi) is 8.25. The molecule has 0 saturated carbocycles. The van der Waals surface area contributed by atoms with Gasteiger partial charge in [0, 0.05) is 5.69 Å². The van der Waals surface area contributed by atoms with Gasteiger partial charge in [0.25, 0.3) is 17.1 Å². The zero-order valence-electron chi connectivity index (χ0n) is 20.3. The zero-order valence-corrected chi connectivity index (χ0v) is 21.1. The highest BCUT2D eigenvalue weighted by Crippen LogP contribution is 2.35. The number of hydrogen-bond acceptors (Lipinski definition) is 6. The Morgan fingerprint density at radius 1 is 1.03 bits per heavy atom. The van der Waals surface area contributed by atoms with Crippen molar-refractivity contribution in [3.05, 3.63) is 94.1 Å². The van der Waals surface area contributed by atoms with Gasteiger partial charge in [-0.3, -0.25) is 19.3 Å². The van der Waals surface area contributed by atoms with E-state index in [1.54, 1.807) is 30.3 Å². The van der Waals surface area contributed by atoms with Crippen molar-refractivity contribution in [3.8, 4) is 11.5 Å². The molecule has 0 radical (unpaired) electrons. The number of benzene rings is 3. The molecule has 7 nitrogen and oxygen atoms in total. The van der Waals surface area contributed by atoms with Crippen LogP contribution in [0.1, 0.15) is 23.6 Å². The number of halogens is 1. The average molecular weight is 521 g/mol. The molecule has 3 amide bonds. The molecule has 4 rings (SSSR count). The van der Waals surface area contributed by atoms with E-state index in [2.05, 4.69) is 5.32 Å². The molecular formula is C28H25FN2O5S. The summed E-state index contributed by atoms with van der Waals surface area (Å²) >= 11 is 0.838. The van der Waals surface area contributed by atoms with Crippen LogP contribution in [0.5, 0.6) is 11.5 Å². The van der Waals surface area contributed by atoms with E-state index in [0.717, 1.165) is 22.2 Å². The molecule has 0 aliphatic carbocycles. The fourth-order valence-corrected chi connectivity index (χ4v) is 4.46. The maximum atomic E-state index is 13.2. The minimum Gasteiger partial charge on any atom is -0.490 e. The molecule has 1 fully saturated rings. The first-order chi connectivity index (χ1) is 17.8. The minimum atomic E-state index is -0.426. The van der Waals surface area contributed by atoms with Crippen molar-refractivity contribution in [1.29, 1.82) is 0 Å². The summed E-state index contributed by atoms with van der Waals surface area (Å²) in [6.45, 7) is 3.97. The molecule has 9 heteroatoms. The maximum absolute atomic E-state index is 13.2. The van der Waals surface area contributed by atoms with Crippen molar-refractivity contribution in [2.45, 2.75) is 20.4 Å². The third-order valence-corrected chi connectivity index (χ3v) is 6.26. The normalized spacial score (nSPS) is 14.2. The molecule has 1 heterocycles. The van der Waals surface area contributed by atoms with Gasteiger partial charge in [-0.05, 0) is 84.8 Å². The van der Waals surface area contributed by atoms with Crippen LogP contribution < -0.4 is 14.8 Å². The molecule has 0 atom stereocenters. The zero-order chi connectivity index (χ0) is 26.4. The van der Waals surface area contributed by atoms with E-state index in [1.807, 2.05) is 32.0 Å². The lowest BCUT2D eigenvalue weighted by Gasteiger charge is -2.13. The average Bonchev–Trinajstić information content (AvgIpc) is 3.12. The summed E-state index contributed by atoms with van der Waals surface area (Å²) in [6, 6.07) is 18.2. The Morgan fingerprint density at radius 2 is 1.81 bits per heavy atom. The number of anilines is 1. The predicted molar refractivity (Wildman–Crippen MR) is 141 cm³/mol. The van der Waals surface area contributed by atoms with Crippen LogP contribution in [0.3, 0.4) is 0 Å². The minimum absolute atomic E-state index is 0.0594. The number of carbonyl (C=O) groups is 3. The number of ether oxygens (including phenoxy) is 2. The van der Waals surface area contributed by atoms with Gasteiger partial charge in [0.15, 0.2) is 18.1 Å². The van der Waals surface area contributed by atoms with Crippen molar-refractivity contribution in [2.75, 3.05) is 18.5 Å². The van der Waals surface area contributed by atoms with Crippen LogP contribution in [0.4, 0.5) is 14.9 Å². The Morgan fingerprint density at radius 3 is 2.54 bits per heavy atom. The van der Waals surface area contributed by atoms with Crippen LogP contribution >= 0.6 is 11.8 Å². The molecule has 0 aromatic heterocycles. The van der Waals surface area contributed by atoms with Gasteiger partial charge in [-0.25, -0.2) is 4.39 Å². The fraction of sp³-hybridized carbons (Fsp3) is 0.179. The summed E-state index contributed by atoms with van der Waals surface area (Å²) < 4.78 is 24.5. The Bertz CT molecular complexity index is 1360. The van der Waals surface area contributed by atoms with E-state index in [9.17, 15) is 18.8 Å². The van der Waals surface area contributed by atoms with Gasteiger partial charge in [-0.15, -0.1) is 0 Å². The van der Waals surface area contributed by atoms with Crippen LogP contribution in [-0.2, 0) is 16.1 Å². The molecule has 3 aromatic rings. The van der Waals surface area contributed by atoms with Crippen LogP contribution in [0.15, 0.2) is 71.6 Å². The number of aryl methyl sites for hydroxylation is 1. The van der Waals surface area contributed by atoms with Gasteiger partial charge in [-0.1, -0.05) is 30.3 Å². The van der Waals surface area contributed by atoms with Gasteiger partial charge in [-0.2, -0.15) is 0 Å². The highest BCUT2D eigenvalue weighted by atomic mass is 32.2. The van der Waals surface area contributed by atoms with E-state index < -0.39 is 11.1 Å². The van der Waals surface area contributed by atoms with Crippen molar-refractivity contribution >= 4 is 40.6 Å². The second-order valence-electron chi connectivity index (χ2n) is 8.24. The quantitative estimate of drug-likeness (QED) is 0.360. The van der Waals surface area contributed by atoms with Crippen LogP contribution in [0.2, 0.25) is 0 Å². The summed E-state index contributed by atoms with van der Waals surface area (Å²) in [5.74, 6) is -0.340. The van der Waals surface area contributed by atoms with Crippen LogP contribution in [0.25, 0.3) is 6.08 Å². The number of amides is 3. The summed E-state index contributed by atoms with van der Waals surface area (Å²) in [5, 5.41) is 2.39. The molecule has 0 bridgehead atoms. The monoisotopic (exact) mass is 520 g/mol. The van der Waals surface area contributed by atoms with Crippen molar-refractivity contribution in [2.24, 2.45) is 0 Å². The Hall–Kier alpha value is -4.11. The Labute approximate surface area is 218 Å². The number of nitrogens with zero attached hydrogens (tertiary/aromatic N) is 1. The molecule has 3 aromatic carbocycles. The number of hydrogen-bond donors (Lipinski definition) is 1. The largest absolute Gasteiger partial charge is 0.490 e. The summed E-state index contributed by atoms with van der Waals surface area (Å²) in [6.07, 6.45) is 1.60. The van der Waals surface area contributed by atoms with Gasteiger partial charge in [0.2, 0.25) is 0 Å². The number of rotatable bonds is 9. The lowest BCUT2D eigenvalue weighted by Crippen LogP contribution is -2.27. The maximum Gasteiger partial charge on any atom is 0.293 e. The second-order valence-corrected chi connectivity index (χ2v) is 9.23. The van der Waals surface area contributed by atoms with Gasteiger partial charge in [0.05, 0.1) is 18.1 Å². The van der Waals surface area contributed by atoms with E-state index in [0.29, 0.717) is 34.9 Å². The number of carbonyl (C=O) groups excluding carboxylic acids is 3. The predicted octanol–water partition coefficient (Wildman–Crippen LogP) is 5.79. The SMILES string of the molecule is CCOc1cc(/C=C2/SC(=O)N(Cc3ccc(F)cc3)C2=O)ccc1OCC(=O)Nc1cccc(C)c1. The van der Waals surface area contributed by atoms with E-state index in [4.69, 9.17) is 9.47 Å². The van der Waals surface area contributed by atoms with E-state index >= 15 is 0 Å². The van der Waals surface area contributed by atoms with E-state index in [-0.39, 0.29) is 29.8 Å². The smallest absolute Gasteiger partial charge is 0.293 e. The fourth-order valence-electron chi connectivity index (χ4n) is 3.63. The lowest BCUT2D eigenvalue weighted by molar-refractivity contribution is -0.123. The van der Waals surface area contributed by atoms with Crippen molar-refractivity contribution in [1.82, 2.24) is 4.90 Å². The molecule has 0 unspecified atom stereocenters. The summed E-state index contributed by atoms with van der Waals surface area (Å²) in [4.78, 5) is 39.0. The molecule has 37 heavy (non-hydrogen) atoms. The van der Waals surface area contributed by atoms with Crippen molar-refractivity contribution in [3.63, 3.8) is 0 Å². The van der Waals surface area contributed by atoms with Gasteiger partial charge in [0.1, 0.15) is 5.82 Å². The summed E-state index contributed by atoms with van der Waals surface area (Å²) in [5.41, 5.74) is 2.99. The van der Waals surface area contributed by atoms with Crippen molar-refractivity contribution < 1.29 is 28.2 Å². The molecule has 1 saturated heterocycles. The molecule has 190 valence electrons. The van der Waals surface area contributed by atoms with Gasteiger partial charge < -0.3 is 14.8 Å². The molecule has 0 spiro atoms. The number of imide groups is 1. The Balaban J connectivity index is 1.44. The highest BCUT2D eigenvalue weighted by molar-refractivity contribution is 8.18. The highest BCUT2D eigenvalue weighted by Gasteiger charge is 2.35.